The van der Waals surface area contributed by atoms with Crippen molar-refractivity contribution in [3.8, 4) is 0 Å². The maximum absolute atomic E-state index is 8.44. The van der Waals surface area contributed by atoms with Crippen LogP contribution in [0.4, 0.5) is 0 Å². The molecule has 0 aliphatic heterocycles. The summed E-state index contributed by atoms with van der Waals surface area (Å²) >= 11 is 0. The topological polar surface area (TPSA) is 58.6 Å². The third-order valence-corrected chi connectivity index (χ3v) is 0.944. The number of nitrogens with two attached hydrogens (primary N) is 1. The van der Waals surface area contributed by atoms with E-state index >= 15 is 0 Å². The van der Waals surface area contributed by atoms with Gasteiger partial charge < -0.3 is 10.8 Å². The van der Waals surface area contributed by atoms with Gasteiger partial charge in [-0.1, -0.05) is 0 Å². The van der Waals surface area contributed by atoms with Crippen LogP contribution in [0.2, 0.25) is 0 Å². The molecule has 0 aromatic carbocycles. The van der Waals surface area contributed by atoms with Gasteiger partial charge in [-0.05, 0) is 12.3 Å². The molecule has 0 bridgehead atoms. The molecule has 0 unspecified atom stereocenters. The molecule has 0 aliphatic carbocycles. The van der Waals surface area contributed by atoms with Crippen LogP contribution in [0.1, 0.15) is 6.42 Å². The van der Waals surface area contributed by atoms with Crippen LogP contribution in [0.3, 0.4) is 0 Å². The van der Waals surface area contributed by atoms with E-state index < -0.39 is 0 Å². The number of aliphatic hydroxyl groups is 1. The molecule has 0 radical (unpaired) electrons. The van der Waals surface area contributed by atoms with E-state index in [1.807, 2.05) is 0 Å². The van der Waals surface area contributed by atoms with Crippen molar-refractivity contribution >= 4 is 5.71 Å². The quantitative estimate of drug-likeness (QED) is 0.522. The van der Waals surface area contributed by atoms with E-state index in [2.05, 4.69) is 4.99 Å². The average molecular weight is 128 g/mol. The smallest absolute Gasteiger partial charge is 0.0486 e. The number of rotatable bonds is 3. The molecule has 0 spiro atoms. The van der Waals surface area contributed by atoms with E-state index in [1.165, 1.54) is 6.20 Å². The second-order valence-corrected chi connectivity index (χ2v) is 1.55. The number of nitrogens with zero attached hydrogens (tertiary/aromatic N) is 1. The fourth-order valence-corrected chi connectivity index (χ4v) is 0.495. The Bertz CT molecular complexity index is 118. The summed E-state index contributed by atoms with van der Waals surface area (Å²) in [7, 11) is 1.67. The highest BCUT2D eigenvalue weighted by molar-refractivity contribution is 5.94. The standard InChI is InChI=1S/C6H12N2O/c1-8-6(2-4-7)3-5-9/h2,4,9H,3,5,7H2,1H3. The zero-order chi connectivity index (χ0) is 7.11. The molecule has 0 saturated heterocycles. The Labute approximate surface area is 54.9 Å². The Morgan fingerprint density at radius 1 is 1.78 bits per heavy atom. The lowest BCUT2D eigenvalue weighted by Crippen LogP contribution is -1.98. The van der Waals surface area contributed by atoms with Crippen molar-refractivity contribution in [2.24, 2.45) is 10.7 Å². The summed E-state index contributed by atoms with van der Waals surface area (Å²) in [6.45, 7) is 0.122. The predicted octanol–water partition coefficient (Wildman–Crippen LogP) is -0.0880. The first-order chi connectivity index (χ1) is 4.35. The van der Waals surface area contributed by atoms with Crippen molar-refractivity contribution in [3.63, 3.8) is 0 Å². The lowest BCUT2D eigenvalue weighted by molar-refractivity contribution is 0.307. The third kappa shape index (κ3) is 3.73. The molecule has 3 N–H and O–H groups in total. The minimum Gasteiger partial charge on any atom is -0.405 e. The van der Waals surface area contributed by atoms with Gasteiger partial charge in [-0.3, -0.25) is 4.99 Å². The van der Waals surface area contributed by atoms with Gasteiger partial charge in [0.1, 0.15) is 0 Å². The average Bonchev–Trinajstić information content (AvgIpc) is 1.88. The van der Waals surface area contributed by atoms with Gasteiger partial charge in [0.05, 0.1) is 0 Å². The van der Waals surface area contributed by atoms with Crippen molar-refractivity contribution in [2.45, 2.75) is 6.42 Å². The van der Waals surface area contributed by atoms with E-state index in [-0.39, 0.29) is 6.61 Å². The van der Waals surface area contributed by atoms with Crippen LogP contribution in [-0.4, -0.2) is 24.5 Å². The summed E-state index contributed by atoms with van der Waals surface area (Å²) in [6, 6.07) is 0. The van der Waals surface area contributed by atoms with Gasteiger partial charge in [-0.2, -0.15) is 0 Å². The number of aliphatic imine (C=N–C) groups is 1. The molecular formula is C6H12N2O. The predicted molar refractivity (Wildman–Crippen MR) is 38.4 cm³/mol. The van der Waals surface area contributed by atoms with Crippen molar-refractivity contribution in [1.82, 2.24) is 0 Å². The zero-order valence-corrected chi connectivity index (χ0v) is 5.54. The summed E-state index contributed by atoms with van der Waals surface area (Å²) in [5.74, 6) is 0. The maximum atomic E-state index is 8.44. The molecule has 0 rings (SSSR count). The van der Waals surface area contributed by atoms with E-state index in [9.17, 15) is 0 Å². The fraction of sp³-hybridized carbons (Fsp3) is 0.500. The van der Waals surface area contributed by atoms with Crippen molar-refractivity contribution < 1.29 is 5.11 Å². The molecule has 3 nitrogen and oxygen atoms in total. The van der Waals surface area contributed by atoms with Gasteiger partial charge in [0, 0.05) is 25.8 Å². The van der Waals surface area contributed by atoms with Crippen LogP contribution < -0.4 is 5.73 Å². The number of allylic oxidation sites excluding steroid dienone is 1. The molecule has 52 valence electrons. The maximum Gasteiger partial charge on any atom is 0.0486 e. The molecule has 3 heteroatoms. The lowest BCUT2D eigenvalue weighted by atomic mass is 10.3. The Kier molecular flexibility index (Phi) is 4.82. The van der Waals surface area contributed by atoms with Gasteiger partial charge >= 0.3 is 0 Å². The van der Waals surface area contributed by atoms with Gasteiger partial charge in [0.25, 0.3) is 0 Å². The Morgan fingerprint density at radius 2 is 2.44 bits per heavy atom. The lowest BCUT2D eigenvalue weighted by Gasteiger charge is -1.92. The molecule has 0 fully saturated rings. The highest BCUT2D eigenvalue weighted by atomic mass is 16.3. The molecule has 0 saturated carbocycles. The largest absolute Gasteiger partial charge is 0.405 e. The van der Waals surface area contributed by atoms with Crippen LogP contribution in [-0.2, 0) is 0 Å². The Morgan fingerprint density at radius 3 is 2.78 bits per heavy atom. The zero-order valence-electron chi connectivity index (χ0n) is 5.54. The minimum atomic E-state index is 0.122. The monoisotopic (exact) mass is 128 g/mol. The minimum absolute atomic E-state index is 0.122. The summed E-state index contributed by atoms with van der Waals surface area (Å²) in [5, 5.41) is 8.44. The van der Waals surface area contributed by atoms with Crippen LogP contribution in [0.25, 0.3) is 0 Å². The van der Waals surface area contributed by atoms with Crippen molar-refractivity contribution in [2.75, 3.05) is 13.7 Å². The number of hydrogen-bond acceptors (Lipinski definition) is 3. The highest BCUT2D eigenvalue weighted by Gasteiger charge is 1.88. The normalized spacial score (nSPS) is 12.9. The molecule has 0 heterocycles. The SMILES string of the molecule is CN=C(C=CN)CCO. The first-order valence-corrected chi connectivity index (χ1v) is 2.80. The second kappa shape index (κ2) is 5.31. The van der Waals surface area contributed by atoms with Gasteiger partial charge in [-0.15, -0.1) is 0 Å². The molecule has 0 aromatic rings. The first kappa shape index (κ1) is 8.17. The van der Waals surface area contributed by atoms with E-state index in [0.29, 0.717) is 6.42 Å². The van der Waals surface area contributed by atoms with Gasteiger partial charge in [0.15, 0.2) is 0 Å². The van der Waals surface area contributed by atoms with Crippen LogP contribution in [0.5, 0.6) is 0 Å². The third-order valence-electron chi connectivity index (χ3n) is 0.944. The Balaban J connectivity index is 3.70. The van der Waals surface area contributed by atoms with E-state index in [0.717, 1.165) is 5.71 Å². The van der Waals surface area contributed by atoms with Crippen LogP contribution in [0, 0.1) is 0 Å². The first-order valence-electron chi connectivity index (χ1n) is 2.80. The molecule has 0 aromatic heterocycles. The van der Waals surface area contributed by atoms with Crippen molar-refractivity contribution in [1.29, 1.82) is 0 Å². The molecular weight excluding hydrogens is 116 g/mol. The van der Waals surface area contributed by atoms with Crippen LogP contribution in [0.15, 0.2) is 17.3 Å². The molecule has 0 amide bonds. The number of hydrogen-bond donors (Lipinski definition) is 2. The molecule has 0 atom stereocenters. The molecule has 0 aliphatic rings. The summed E-state index contributed by atoms with van der Waals surface area (Å²) in [6.07, 6.45) is 3.67. The second-order valence-electron chi connectivity index (χ2n) is 1.55. The summed E-state index contributed by atoms with van der Waals surface area (Å²) in [4.78, 5) is 3.86. The Hall–Kier alpha value is -0.830. The van der Waals surface area contributed by atoms with E-state index in [4.69, 9.17) is 10.8 Å². The van der Waals surface area contributed by atoms with E-state index in [1.54, 1.807) is 13.1 Å². The van der Waals surface area contributed by atoms with Gasteiger partial charge in [0.2, 0.25) is 0 Å². The van der Waals surface area contributed by atoms with Crippen molar-refractivity contribution in [3.05, 3.63) is 12.3 Å². The van der Waals surface area contributed by atoms with Crippen LogP contribution >= 0.6 is 0 Å². The number of aliphatic hydroxyl groups excluding tert-OH is 1. The highest BCUT2D eigenvalue weighted by Crippen LogP contribution is 1.85. The summed E-state index contributed by atoms with van der Waals surface area (Å²) in [5.41, 5.74) is 5.91. The fourth-order valence-electron chi connectivity index (χ4n) is 0.495. The summed E-state index contributed by atoms with van der Waals surface area (Å²) < 4.78 is 0. The van der Waals surface area contributed by atoms with Gasteiger partial charge in [-0.25, -0.2) is 0 Å². The molecule has 9 heavy (non-hydrogen) atoms.